The van der Waals surface area contributed by atoms with Crippen molar-refractivity contribution in [2.75, 3.05) is 7.11 Å². The number of aromatic hydroxyl groups is 1. The number of phenolic OH excluding ortho intramolecular Hbond substituents is 1. The van der Waals surface area contributed by atoms with Crippen LogP contribution in [0.3, 0.4) is 0 Å². The molecule has 0 aliphatic heterocycles. The summed E-state index contributed by atoms with van der Waals surface area (Å²) in [5.41, 5.74) is -0.229. The van der Waals surface area contributed by atoms with E-state index in [1.165, 1.54) is 6.92 Å². The Kier molecular flexibility index (Phi) is 3.34. The zero-order valence-corrected chi connectivity index (χ0v) is 8.69. The van der Waals surface area contributed by atoms with Crippen molar-refractivity contribution in [1.29, 1.82) is 0 Å². The molecule has 1 rings (SSSR count). The fraction of sp³-hybridized carbons (Fsp3) is 0.300. The van der Waals surface area contributed by atoms with Crippen LogP contribution in [0.4, 0.5) is 4.39 Å². The van der Waals surface area contributed by atoms with E-state index in [0.29, 0.717) is 0 Å². The van der Waals surface area contributed by atoms with Gasteiger partial charge in [-0.25, -0.2) is 9.18 Å². The predicted molar refractivity (Wildman–Crippen MR) is 51.9 cm³/mol. The van der Waals surface area contributed by atoms with Crippen molar-refractivity contribution in [3.63, 3.8) is 0 Å². The Balaban J connectivity index is 3.42. The van der Waals surface area contributed by atoms with E-state index in [1.807, 2.05) is 0 Å². The first-order valence-electron chi connectivity index (χ1n) is 4.37. The van der Waals surface area contributed by atoms with Crippen LogP contribution in [-0.4, -0.2) is 28.4 Å². The molecule has 5 nitrogen and oxygen atoms in total. The number of methoxy groups -OCH3 is 1. The molecule has 1 aromatic rings. The van der Waals surface area contributed by atoms with Gasteiger partial charge in [-0.2, -0.15) is 0 Å². The van der Waals surface area contributed by atoms with Crippen LogP contribution in [0.15, 0.2) is 6.07 Å². The van der Waals surface area contributed by atoms with E-state index in [4.69, 9.17) is 5.11 Å². The Morgan fingerprint density at radius 3 is 2.56 bits per heavy atom. The molecule has 0 heterocycles. The highest BCUT2D eigenvalue weighted by atomic mass is 19.1. The van der Waals surface area contributed by atoms with Crippen molar-refractivity contribution in [3.8, 4) is 11.5 Å². The van der Waals surface area contributed by atoms with Gasteiger partial charge in [0, 0.05) is 5.56 Å². The first-order valence-corrected chi connectivity index (χ1v) is 4.37. The van der Waals surface area contributed by atoms with Crippen LogP contribution in [0.25, 0.3) is 0 Å². The SMILES string of the molecule is COc1c(O)c(C)cc(C(O)C(=O)O)c1F. The summed E-state index contributed by atoms with van der Waals surface area (Å²) in [6, 6.07) is 1.06. The number of ether oxygens (including phenoxy) is 1. The first-order chi connectivity index (χ1) is 7.40. The van der Waals surface area contributed by atoms with Crippen molar-refractivity contribution < 1.29 is 29.2 Å². The van der Waals surface area contributed by atoms with E-state index in [9.17, 15) is 19.4 Å². The predicted octanol–water partition coefficient (Wildman–Crippen LogP) is 0.966. The summed E-state index contributed by atoms with van der Waals surface area (Å²) < 4.78 is 18.2. The number of hydrogen-bond acceptors (Lipinski definition) is 4. The molecule has 0 aliphatic rings. The monoisotopic (exact) mass is 230 g/mol. The highest BCUT2D eigenvalue weighted by Crippen LogP contribution is 2.36. The molecule has 0 saturated heterocycles. The lowest BCUT2D eigenvalue weighted by Gasteiger charge is -2.13. The number of rotatable bonds is 3. The van der Waals surface area contributed by atoms with E-state index >= 15 is 0 Å². The molecule has 0 radical (unpaired) electrons. The lowest BCUT2D eigenvalue weighted by molar-refractivity contribution is -0.147. The smallest absolute Gasteiger partial charge is 0.337 e. The van der Waals surface area contributed by atoms with Gasteiger partial charge in [0.15, 0.2) is 23.4 Å². The quantitative estimate of drug-likeness (QED) is 0.720. The molecule has 1 unspecified atom stereocenters. The lowest BCUT2D eigenvalue weighted by atomic mass is 10.0. The molecule has 0 aromatic heterocycles. The minimum absolute atomic E-state index is 0.216. The Labute approximate surface area is 90.7 Å². The van der Waals surface area contributed by atoms with Crippen molar-refractivity contribution in [2.45, 2.75) is 13.0 Å². The Morgan fingerprint density at radius 2 is 2.12 bits per heavy atom. The van der Waals surface area contributed by atoms with Gasteiger partial charge in [-0.15, -0.1) is 0 Å². The van der Waals surface area contributed by atoms with E-state index in [2.05, 4.69) is 4.74 Å². The summed E-state index contributed by atoms with van der Waals surface area (Å²) in [5.74, 6) is -3.55. The zero-order chi connectivity index (χ0) is 12.5. The molecule has 1 aromatic carbocycles. The number of phenols is 1. The van der Waals surface area contributed by atoms with E-state index < -0.39 is 35.0 Å². The Morgan fingerprint density at radius 1 is 1.56 bits per heavy atom. The molecule has 6 heteroatoms. The number of hydrogen-bond donors (Lipinski definition) is 3. The van der Waals surface area contributed by atoms with E-state index in [0.717, 1.165) is 13.2 Å². The van der Waals surface area contributed by atoms with Gasteiger partial charge in [0.1, 0.15) is 0 Å². The molecule has 0 aliphatic carbocycles. The maximum atomic E-state index is 13.6. The van der Waals surface area contributed by atoms with Crippen LogP contribution in [0.2, 0.25) is 0 Å². The highest BCUT2D eigenvalue weighted by molar-refractivity contribution is 5.74. The average Bonchev–Trinajstić information content (AvgIpc) is 2.23. The molecular formula is C10H11FO5. The van der Waals surface area contributed by atoms with Gasteiger partial charge in [0.05, 0.1) is 7.11 Å². The summed E-state index contributed by atoms with van der Waals surface area (Å²) in [7, 11) is 1.13. The van der Waals surface area contributed by atoms with Gasteiger partial charge in [0.25, 0.3) is 0 Å². The number of aliphatic carboxylic acids is 1. The summed E-state index contributed by atoms with van der Waals surface area (Å²) in [5, 5.41) is 27.2. The second kappa shape index (κ2) is 4.36. The normalized spacial score (nSPS) is 12.2. The minimum Gasteiger partial charge on any atom is -0.504 e. The van der Waals surface area contributed by atoms with Gasteiger partial charge < -0.3 is 20.1 Å². The number of halogens is 1. The third-order valence-electron chi connectivity index (χ3n) is 2.15. The van der Waals surface area contributed by atoms with Crippen LogP contribution in [0.1, 0.15) is 17.2 Å². The molecule has 0 saturated carbocycles. The summed E-state index contributed by atoms with van der Waals surface area (Å²) >= 11 is 0. The largest absolute Gasteiger partial charge is 0.504 e. The molecule has 0 spiro atoms. The number of aliphatic hydroxyl groups excluding tert-OH is 1. The molecule has 1 atom stereocenters. The van der Waals surface area contributed by atoms with Crippen LogP contribution in [0.5, 0.6) is 11.5 Å². The Bertz CT molecular complexity index is 430. The molecule has 0 bridgehead atoms. The topological polar surface area (TPSA) is 87.0 Å². The number of carboxylic acid groups (broad SMARTS) is 1. The molecule has 0 amide bonds. The standard InChI is InChI=1S/C10H11FO5/c1-4-3-5(8(13)10(14)15)6(11)9(16-2)7(4)12/h3,8,12-13H,1-2H3,(H,14,15). The highest BCUT2D eigenvalue weighted by Gasteiger charge is 2.25. The second-order valence-electron chi connectivity index (χ2n) is 3.22. The number of benzene rings is 1. The molecule has 3 N–H and O–H groups in total. The molecule has 88 valence electrons. The van der Waals surface area contributed by atoms with Crippen LogP contribution in [0, 0.1) is 12.7 Å². The van der Waals surface area contributed by atoms with Crippen molar-refractivity contribution in [3.05, 3.63) is 23.0 Å². The van der Waals surface area contributed by atoms with Crippen molar-refractivity contribution in [1.82, 2.24) is 0 Å². The van der Waals surface area contributed by atoms with Gasteiger partial charge >= 0.3 is 5.97 Å². The fourth-order valence-corrected chi connectivity index (χ4v) is 1.30. The maximum absolute atomic E-state index is 13.6. The lowest BCUT2D eigenvalue weighted by Crippen LogP contribution is -2.13. The summed E-state index contributed by atoms with van der Waals surface area (Å²) in [4.78, 5) is 10.5. The first kappa shape index (κ1) is 12.3. The third kappa shape index (κ3) is 1.92. The number of aliphatic hydroxyl groups is 1. The van der Waals surface area contributed by atoms with Gasteiger partial charge in [-0.3, -0.25) is 0 Å². The minimum atomic E-state index is -1.99. The summed E-state index contributed by atoms with van der Waals surface area (Å²) in [6.45, 7) is 1.44. The number of carboxylic acids is 1. The number of carbonyl (C=O) groups is 1. The Hall–Kier alpha value is -1.82. The van der Waals surface area contributed by atoms with Crippen molar-refractivity contribution >= 4 is 5.97 Å². The molecule has 16 heavy (non-hydrogen) atoms. The summed E-state index contributed by atoms with van der Waals surface area (Å²) in [6.07, 6.45) is -1.99. The van der Waals surface area contributed by atoms with Gasteiger partial charge in [-0.05, 0) is 18.6 Å². The number of aryl methyl sites for hydroxylation is 1. The van der Waals surface area contributed by atoms with Crippen molar-refractivity contribution in [2.24, 2.45) is 0 Å². The average molecular weight is 230 g/mol. The fourth-order valence-electron chi connectivity index (χ4n) is 1.30. The maximum Gasteiger partial charge on any atom is 0.337 e. The molecule has 0 fully saturated rings. The second-order valence-corrected chi connectivity index (χ2v) is 3.22. The molecular weight excluding hydrogens is 219 g/mol. The van der Waals surface area contributed by atoms with Crippen LogP contribution < -0.4 is 4.74 Å². The zero-order valence-electron chi connectivity index (χ0n) is 8.69. The van der Waals surface area contributed by atoms with E-state index in [1.54, 1.807) is 0 Å². The third-order valence-corrected chi connectivity index (χ3v) is 2.15. The van der Waals surface area contributed by atoms with Gasteiger partial charge in [-0.1, -0.05) is 0 Å². The van der Waals surface area contributed by atoms with Crippen LogP contribution >= 0.6 is 0 Å². The van der Waals surface area contributed by atoms with Crippen LogP contribution in [-0.2, 0) is 4.79 Å². The van der Waals surface area contributed by atoms with E-state index in [-0.39, 0.29) is 5.56 Å². The van der Waals surface area contributed by atoms with Gasteiger partial charge in [0.2, 0.25) is 0 Å².